The van der Waals surface area contributed by atoms with Crippen LogP contribution < -0.4 is 5.73 Å². The fraction of sp³-hybridized carbons (Fsp3) is 0.632. The normalized spacial score (nSPS) is 41.5. The Bertz CT molecular complexity index is 807. The Labute approximate surface area is 186 Å². The molecule has 2 heterocycles. The predicted molar refractivity (Wildman–Crippen MR) is 104 cm³/mol. The Hall–Kier alpha value is -1.95. The van der Waals surface area contributed by atoms with E-state index in [-0.39, 0.29) is 5.56 Å². The summed E-state index contributed by atoms with van der Waals surface area (Å²) in [7, 11) is 0. The van der Waals surface area contributed by atoms with E-state index in [9.17, 15) is 45.6 Å². The molecule has 2 aliphatic heterocycles. The number of aliphatic hydroxyl groups excluding tert-OH is 8. The first-order chi connectivity index (χ1) is 15.5. The molecule has 0 aliphatic carbocycles. The molecular formula is C19H27NO13. The van der Waals surface area contributed by atoms with Crippen molar-refractivity contribution in [1.82, 2.24) is 0 Å². The van der Waals surface area contributed by atoms with Crippen LogP contribution >= 0.6 is 0 Å². The van der Waals surface area contributed by atoms with Crippen molar-refractivity contribution in [3.05, 3.63) is 29.8 Å². The zero-order chi connectivity index (χ0) is 24.5. The molecule has 0 amide bonds. The summed E-state index contributed by atoms with van der Waals surface area (Å²) in [6.07, 6.45) is -16.7. The van der Waals surface area contributed by atoms with Gasteiger partial charge in [0.05, 0.1) is 12.2 Å². The largest absolute Gasteiger partial charge is 0.424 e. The van der Waals surface area contributed by atoms with Gasteiger partial charge in [0, 0.05) is 5.69 Å². The fourth-order valence-electron chi connectivity index (χ4n) is 3.52. The maximum absolute atomic E-state index is 12.5. The average Bonchev–Trinajstić information content (AvgIpc) is 2.80. The zero-order valence-electron chi connectivity index (χ0n) is 17.1. The van der Waals surface area contributed by atoms with Gasteiger partial charge in [0.2, 0.25) is 0 Å². The fourth-order valence-corrected chi connectivity index (χ4v) is 3.52. The van der Waals surface area contributed by atoms with Gasteiger partial charge in [-0.15, -0.1) is 0 Å². The number of hydrogen-bond donors (Lipinski definition) is 9. The molecular weight excluding hydrogens is 450 g/mol. The third-order valence-corrected chi connectivity index (χ3v) is 5.48. The van der Waals surface area contributed by atoms with Gasteiger partial charge in [0.1, 0.15) is 43.2 Å². The number of anilines is 1. The van der Waals surface area contributed by atoms with Crippen molar-refractivity contribution in [2.75, 3.05) is 18.9 Å². The lowest BCUT2D eigenvalue weighted by atomic mass is 9.95. The highest BCUT2D eigenvalue weighted by atomic mass is 16.8. The van der Waals surface area contributed by atoms with Crippen molar-refractivity contribution in [2.45, 2.75) is 61.1 Å². The molecule has 186 valence electrons. The second-order valence-electron chi connectivity index (χ2n) is 7.72. The van der Waals surface area contributed by atoms with Crippen LogP contribution in [0.5, 0.6) is 0 Å². The molecule has 0 spiro atoms. The molecule has 3 rings (SSSR count). The third kappa shape index (κ3) is 4.96. The molecule has 33 heavy (non-hydrogen) atoms. The molecule has 10 N–H and O–H groups in total. The number of carbonyl (C=O) groups is 1. The van der Waals surface area contributed by atoms with Crippen molar-refractivity contribution in [3.63, 3.8) is 0 Å². The van der Waals surface area contributed by atoms with Crippen LogP contribution in [0.4, 0.5) is 5.69 Å². The van der Waals surface area contributed by atoms with Gasteiger partial charge in [-0.05, 0) is 24.3 Å². The van der Waals surface area contributed by atoms with Gasteiger partial charge in [-0.1, -0.05) is 0 Å². The molecule has 1 aromatic carbocycles. The van der Waals surface area contributed by atoms with Crippen LogP contribution in [0.15, 0.2) is 24.3 Å². The van der Waals surface area contributed by atoms with Gasteiger partial charge >= 0.3 is 5.97 Å². The van der Waals surface area contributed by atoms with E-state index in [1.54, 1.807) is 0 Å². The minimum atomic E-state index is -2.62. The van der Waals surface area contributed by atoms with Crippen LogP contribution in [0.3, 0.4) is 0 Å². The molecule has 0 unspecified atom stereocenters. The third-order valence-electron chi connectivity index (χ3n) is 5.48. The Morgan fingerprint density at radius 2 is 1.61 bits per heavy atom. The predicted octanol–water partition coefficient (Wildman–Crippen LogP) is -4.63. The van der Waals surface area contributed by atoms with Crippen LogP contribution in [0.1, 0.15) is 10.4 Å². The van der Waals surface area contributed by atoms with Gasteiger partial charge in [-0.25, -0.2) is 4.79 Å². The van der Waals surface area contributed by atoms with Gasteiger partial charge in [0.25, 0.3) is 5.79 Å². The van der Waals surface area contributed by atoms with Crippen LogP contribution in [0.25, 0.3) is 0 Å². The van der Waals surface area contributed by atoms with Crippen molar-refractivity contribution in [2.24, 2.45) is 0 Å². The number of esters is 1. The lowest BCUT2D eigenvalue weighted by Crippen LogP contribution is -2.69. The Kier molecular flexibility index (Phi) is 7.87. The van der Waals surface area contributed by atoms with Crippen LogP contribution in [0.2, 0.25) is 0 Å². The van der Waals surface area contributed by atoms with E-state index in [1.807, 2.05) is 0 Å². The summed E-state index contributed by atoms with van der Waals surface area (Å²) in [5.41, 5.74) is 5.87. The SMILES string of the molecule is Nc1ccc(C(=O)O[C@@]2(CO)O[C@H](O[C@H]3[C@H](O)[C@@H](O)[C@H](O)O[C@@H]3CO)[C@H](O)[C@H](O)[C@H]2O)cc1. The first-order valence-electron chi connectivity index (χ1n) is 9.92. The molecule has 0 bridgehead atoms. The molecule has 14 nitrogen and oxygen atoms in total. The van der Waals surface area contributed by atoms with Gasteiger partial charge in [-0.3, -0.25) is 0 Å². The van der Waals surface area contributed by atoms with Crippen LogP contribution in [0, 0.1) is 0 Å². The molecule has 1 aromatic rings. The topological polar surface area (TPSA) is 242 Å². The molecule has 10 atom stereocenters. The summed E-state index contributed by atoms with van der Waals surface area (Å²) in [5.74, 6) is -3.70. The van der Waals surface area contributed by atoms with E-state index in [2.05, 4.69) is 0 Å². The second kappa shape index (κ2) is 10.1. The average molecular weight is 477 g/mol. The zero-order valence-corrected chi connectivity index (χ0v) is 17.1. The second-order valence-corrected chi connectivity index (χ2v) is 7.72. The molecule has 0 saturated carbocycles. The van der Waals surface area contributed by atoms with E-state index in [1.165, 1.54) is 24.3 Å². The summed E-state index contributed by atoms with van der Waals surface area (Å²) < 4.78 is 20.8. The van der Waals surface area contributed by atoms with Crippen molar-refractivity contribution < 1.29 is 64.6 Å². The quantitative estimate of drug-likeness (QED) is 0.138. The molecule has 2 fully saturated rings. The van der Waals surface area contributed by atoms with Gasteiger partial charge in [-0.2, -0.15) is 0 Å². The monoisotopic (exact) mass is 477 g/mol. The van der Waals surface area contributed by atoms with Gasteiger partial charge in [0.15, 0.2) is 18.7 Å². The van der Waals surface area contributed by atoms with Crippen LogP contribution in [-0.4, -0.2) is 121 Å². The maximum atomic E-state index is 12.5. The minimum Gasteiger partial charge on any atom is -0.424 e. The summed E-state index contributed by atoms with van der Waals surface area (Å²) in [6.45, 7) is -1.98. The van der Waals surface area contributed by atoms with E-state index in [4.69, 9.17) is 24.7 Å². The van der Waals surface area contributed by atoms with Crippen molar-refractivity contribution in [3.8, 4) is 0 Å². The molecule has 14 heteroatoms. The van der Waals surface area contributed by atoms with E-state index in [0.717, 1.165) is 0 Å². The highest BCUT2D eigenvalue weighted by Crippen LogP contribution is 2.35. The first-order valence-corrected chi connectivity index (χ1v) is 9.92. The standard InChI is InChI=1S/C19H27NO13/c20-8-3-1-7(2-4-8)16(28)32-19(6-22)15(27)11(24)13(26)18(33-19)31-14-9(5-21)30-17(29)12(25)10(14)23/h1-4,9-15,17-18,21-27,29H,5-6,20H2/t9-,10-,11+,12-,13-,14-,15-,17-,18+,19+/m1/s1. The number of hydrogen-bond acceptors (Lipinski definition) is 14. The smallest absolute Gasteiger partial charge is 0.340 e. The van der Waals surface area contributed by atoms with Crippen molar-refractivity contribution in [1.29, 1.82) is 0 Å². The summed E-state index contributed by atoms with van der Waals surface area (Å²) in [5, 5.41) is 80.1. The number of nitrogen functional groups attached to an aromatic ring is 1. The number of rotatable bonds is 6. The maximum Gasteiger partial charge on any atom is 0.340 e. The van der Waals surface area contributed by atoms with E-state index in [0.29, 0.717) is 5.69 Å². The molecule has 0 radical (unpaired) electrons. The number of nitrogens with two attached hydrogens (primary N) is 1. The highest BCUT2D eigenvalue weighted by molar-refractivity contribution is 5.90. The number of benzene rings is 1. The van der Waals surface area contributed by atoms with Gasteiger partial charge < -0.3 is 65.5 Å². The summed E-state index contributed by atoms with van der Waals surface area (Å²) in [6, 6.07) is 5.38. The lowest BCUT2D eigenvalue weighted by Gasteiger charge is -2.48. The first kappa shape index (κ1) is 25.7. The summed E-state index contributed by atoms with van der Waals surface area (Å²) >= 11 is 0. The van der Waals surface area contributed by atoms with Crippen molar-refractivity contribution >= 4 is 11.7 Å². The molecule has 2 aliphatic rings. The Balaban J connectivity index is 1.84. The Morgan fingerprint density at radius 3 is 2.18 bits per heavy atom. The molecule has 2 saturated heterocycles. The number of carbonyl (C=O) groups excluding carboxylic acids is 1. The van der Waals surface area contributed by atoms with Crippen LogP contribution in [-0.2, 0) is 18.9 Å². The Morgan fingerprint density at radius 1 is 0.970 bits per heavy atom. The molecule has 0 aromatic heterocycles. The van der Waals surface area contributed by atoms with E-state index >= 15 is 0 Å². The van der Waals surface area contributed by atoms with E-state index < -0.39 is 80.3 Å². The highest BCUT2D eigenvalue weighted by Gasteiger charge is 2.58. The number of ether oxygens (including phenoxy) is 4. The lowest BCUT2D eigenvalue weighted by molar-refractivity contribution is -0.413. The number of aliphatic hydroxyl groups is 8. The minimum absolute atomic E-state index is 0.0422. The summed E-state index contributed by atoms with van der Waals surface area (Å²) in [4.78, 5) is 12.5.